The molecule has 0 unspecified atom stereocenters. The predicted molar refractivity (Wildman–Crippen MR) is 117 cm³/mol. The Morgan fingerprint density at radius 1 is 1.23 bits per heavy atom. The maximum Gasteiger partial charge on any atom is 0.321 e. The molecule has 1 aromatic carbocycles. The smallest absolute Gasteiger partial charge is 0.321 e. The Bertz CT molecular complexity index is 1100. The Morgan fingerprint density at radius 3 is 2.90 bits per heavy atom. The van der Waals surface area contributed by atoms with Gasteiger partial charge in [-0.15, -0.1) is 10.2 Å². The van der Waals surface area contributed by atoms with E-state index in [2.05, 4.69) is 25.8 Å². The number of hydrogen-bond acceptors (Lipinski definition) is 6. The number of nitrogens with zero attached hydrogens (tertiary/aromatic N) is 3. The molecule has 2 aromatic heterocycles. The van der Waals surface area contributed by atoms with E-state index in [-0.39, 0.29) is 23.8 Å². The molecular formula is C21H24N6O3S. The number of imide groups is 1. The minimum Gasteiger partial charge on any atom is -0.376 e. The van der Waals surface area contributed by atoms with Gasteiger partial charge in [-0.05, 0) is 31.7 Å². The van der Waals surface area contributed by atoms with Crippen LogP contribution in [0.2, 0.25) is 0 Å². The van der Waals surface area contributed by atoms with Crippen molar-refractivity contribution in [3.05, 3.63) is 30.5 Å². The number of thioether (sulfide) groups is 1. The standard InChI is InChI=1S/C21H24N6O3S/c28-18(24-20(29)23-13-7-8-13)12-31-21-26-25-19(27(21)11-14-4-3-9-30-14)16-10-22-17-6-2-1-5-15(16)17/h1-2,5-6,10,13-14,22H,3-4,7-9,11-12H2,(H2,23,24,28,29)/t14-/m1/s1. The summed E-state index contributed by atoms with van der Waals surface area (Å²) in [6.07, 6.45) is 5.99. The topological polar surface area (TPSA) is 114 Å². The van der Waals surface area contributed by atoms with Crippen LogP contribution in [-0.2, 0) is 16.1 Å². The lowest BCUT2D eigenvalue weighted by Gasteiger charge is -2.14. The van der Waals surface area contributed by atoms with Gasteiger partial charge in [-0.1, -0.05) is 30.0 Å². The van der Waals surface area contributed by atoms with Gasteiger partial charge in [0, 0.05) is 35.3 Å². The van der Waals surface area contributed by atoms with Crippen LogP contribution in [-0.4, -0.2) is 56.2 Å². The molecule has 0 bridgehead atoms. The number of carbonyl (C=O) groups excluding carboxylic acids is 2. The van der Waals surface area contributed by atoms with Gasteiger partial charge in [0.25, 0.3) is 0 Å². The minimum atomic E-state index is -0.437. The molecule has 3 N–H and O–H groups in total. The second kappa shape index (κ2) is 8.72. The van der Waals surface area contributed by atoms with E-state index in [1.165, 1.54) is 11.8 Å². The minimum absolute atomic E-state index is 0.0790. The first-order chi connectivity index (χ1) is 15.2. The summed E-state index contributed by atoms with van der Waals surface area (Å²) in [5, 5.41) is 15.6. The summed E-state index contributed by atoms with van der Waals surface area (Å²) in [7, 11) is 0. The number of amides is 3. The van der Waals surface area contributed by atoms with Crippen molar-refractivity contribution >= 4 is 34.6 Å². The van der Waals surface area contributed by atoms with E-state index in [4.69, 9.17) is 4.74 Å². The number of H-pyrrole nitrogens is 1. The molecule has 1 aliphatic heterocycles. The molecule has 5 rings (SSSR count). The fourth-order valence-electron chi connectivity index (χ4n) is 3.75. The lowest BCUT2D eigenvalue weighted by atomic mass is 10.1. The molecule has 1 atom stereocenters. The van der Waals surface area contributed by atoms with E-state index in [1.54, 1.807) is 0 Å². The molecule has 31 heavy (non-hydrogen) atoms. The van der Waals surface area contributed by atoms with Gasteiger partial charge in [-0.25, -0.2) is 4.79 Å². The van der Waals surface area contributed by atoms with Crippen LogP contribution >= 0.6 is 11.8 Å². The number of fused-ring (bicyclic) bond motifs is 1. The van der Waals surface area contributed by atoms with Crippen LogP contribution in [0.3, 0.4) is 0 Å². The van der Waals surface area contributed by atoms with Crippen LogP contribution in [0.1, 0.15) is 25.7 Å². The van der Waals surface area contributed by atoms with Gasteiger partial charge in [0.05, 0.1) is 18.4 Å². The van der Waals surface area contributed by atoms with Crippen molar-refractivity contribution in [1.82, 2.24) is 30.4 Å². The molecule has 0 radical (unpaired) electrons. The van der Waals surface area contributed by atoms with E-state index < -0.39 is 6.03 Å². The monoisotopic (exact) mass is 440 g/mol. The summed E-state index contributed by atoms with van der Waals surface area (Å²) >= 11 is 1.27. The largest absolute Gasteiger partial charge is 0.376 e. The maximum atomic E-state index is 12.2. The van der Waals surface area contributed by atoms with E-state index in [1.807, 2.05) is 35.0 Å². The van der Waals surface area contributed by atoms with Gasteiger partial charge in [0.2, 0.25) is 5.91 Å². The Labute approximate surface area is 183 Å². The third-order valence-electron chi connectivity index (χ3n) is 5.46. The molecule has 3 amide bonds. The molecule has 1 saturated heterocycles. The molecular weight excluding hydrogens is 416 g/mol. The number of aromatic amines is 1. The zero-order valence-electron chi connectivity index (χ0n) is 17.0. The van der Waals surface area contributed by atoms with E-state index in [0.717, 1.165) is 54.6 Å². The van der Waals surface area contributed by atoms with Crippen LogP contribution < -0.4 is 10.6 Å². The van der Waals surface area contributed by atoms with Crippen molar-refractivity contribution in [3.63, 3.8) is 0 Å². The average Bonchev–Trinajstić information content (AvgIpc) is 3.16. The van der Waals surface area contributed by atoms with Gasteiger partial charge < -0.3 is 15.0 Å². The van der Waals surface area contributed by atoms with Gasteiger partial charge in [-0.2, -0.15) is 0 Å². The predicted octanol–water partition coefficient (Wildman–Crippen LogP) is 2.69. The summed E-state index contributed by atoms with van der Waals surface area (Å²) in [5.74, 6) is 0.459. The van der Waals surface area contributed by atoms with E-state index in [0.29, 0.717) is 11.7 Å². The van der Waals surface area contributed by atoms with Crippen molar-refractivity contribution in [2.75, 3.05) is 12.4 Å². The van der Waals surface area contributed by atoms with Crippen LogP contribution in [0, 0.1) is 0 Å². The number of hydrogen-bond donors (Lipinski definition) is 3. The highest BCUT2D eigenvalue weighted by atomic mass is 32.2. The fraction of sp³-hybridized carbons (Fsp3) is 0.429. The average molecular weight is 441 g/mol. The first-order valence-corrected chi connectivity index (χ1v) is 11.5. The fourth-order valence-corrected chi connectivity index (χ4v) is 4.50. The highest BCUT2D eigenvalue weighted by molar-refractivity contribution is 7.99. The Hall–Kier alpha value is -2.85. The van der Waals surface area contributed by atoms with E-state index >= 15 is 0 Å². The summed E-state index contributed by atoms with van der Waals surface area (Å²) < 4.78 is 7.86. The van der Waals surface area contributed by atoms with E-state index in [9.17, 15) is 9.59 Å². The number of aromatic nitrogens is 4. The van der Waals surface area contributed by atoms with Crippen LogP contribution in [0.4, 0.5) is 4.79 Å². The summed E-state index contributed by atoms with van der Waals surface area (Å²) in [4.78, 5) is 27.3. The van der Waals surface area contributed by atoms with Crippen molar-refractivity contribution in [2.24, 2.45) is 0 Å². The van der Waals surface area contributed by atoms with Gasteiger partial charge in [-0.3, -0.25) is 14.7 Å². The number of rotatable bonds is 7. The number of ether oxygens (including phenoxy) is 1. The second-order valence-electron chi connectivity index (χ2n) is 7.88. The van der Waals surface area contributed by atoms with Crippen LogP contribution in [0.25, 0.3) is 22.3 Å². The normalized spacial score (nSPS) is 18.4. The molecule has 0 spiro atoms. The molecule has 1 aliphatic carbocycles. The summed E-state index contributed by atoms with van der Waals surface area (Å²) in [5.41, 5.74) is 1.99. The summed E-state index contributed by atoms with van der Waals surface area (Å²) in [6, 6.07) is 7.81. The highest BCUT2D eigenvalue weighted by Gasteiger charge is 2.25. The van der Waals surface area contributed by atoms with Crippen molar-refractivity contribution < 1.29 is 14.3 Å². The lowest BCUT2D eigenvalue weighted by molar-refractivity contribution is -0.117. The molecule has 10 heteroatoms. The number of carbonyl (C=O) groups is 2. The Morgan fingerprint density at radius 2 is 2.10 bits per heavy atom. The third-order valence-corrected chi connectivity index (χ3v) is 6.42. The molecule has 3 heterocycles. The lowest BCUT2D eigenvalue weighted by Crippen LogP contribution is -2.41. The third kappa shape index (κ3) is 4.59. The number of para-hydroxylation sites is 1. The van der Waals surface area contributed by atoms with Crippen LogP contribution in [0.5, 0.6) is 0 Å². The Balaban J connectivity index is 1.35. The van der Waals surface area contributed by atoms with Crippen molar-refractivity contribution in [2.45, 2.75) is 49.5 Å². The van der Waals surface area contributed by atoms with Crippen molar-refractivity contribution in [3.8, 4) is 11.4 Å². The van der Waals surface area contributed by atoms with Gasteiger partial charge in [0.15, 0.2) is 11.0 Å². The zero-order chi connectivity index (χ0) is 21.2. The van der Waals surface area contributed by atoms with Crippen LogP contribution in [0.15, 0.2) is 35.6 Å². The zero-order valence-corrected chi connectivity index (χ0v) is 17.8. The Kier molecular flexibility index (Phi) is 5.65. The molecule has 162 valence electrons. The number of urea groups is 1. The van der Waals surface area contributed by atoms with Crippen molar-refractivity contribution in [1.29, 1.82) is 0 Å². The first-order valence-electron chi connectivity index (χ1n) is 10.5. The highest BCUT2D eigenvalue weighted by Crippen LogP contribution is 2.31. The number of nitrogens with one attached hydrogen (secondary N) is 3. The maximum absolute atomic E-state index is 12.2. The van der Waals surface area contributed by atoms with Gasteiger partial charge >= 0.3 is 6.03 Å². The second-order valence-corrected chi connectivity index (χ2v) is 8.83. The summed E-state index contributed by atoms with van der Waals surface area (Å²) in [6.45, 7) is 1.38. The molecule has 2 fully saturated rings. The molecule has 1 saturated carbocycles. The van der Waals surface area contributed by atoms with Gasteiger partial charge in [0.1, 0.15) is 0 Å². The number of benzene rings is 1. The molecule has 9 nitrogen and oxygen atoms in total. The SMILES string of the molecule is O=C(CSc1nnc(-c2c[nH]c3ccccc23)n1C[C@H]1CCCO1)NC(=O)NC1CC1. The quantitative estimate of drug-likeness (QED) is 0.487. The molecule has 3 aromatic rings. The first kappa shape index (κ1) is 20.1. The molecule has 2 aliphatic rings.